The Bertz CT molecular complexity index is 911. The van der Waals surface area contributed by atoms with Gasteiger partial charge in [-0.3, -0.25) is 5.10 Å². The van der Waals surface area contributed by atoms with Crippen LogP contribution in [0.15, 0.2) is 48.9 Å². The van der Waals surface area contributed by atoms with E-state index in [9.17, 15) is 0 Å². The molecule has 0 atom stereocenters. The van der Waals surface area contributed by atoms with Gasteiger partial charge < -0.3 is 10.3 Å². The van der Waals surface area contributed by atoms with Crippen LogP contribution < -0.4 is 5.32 Å². The van der Waals surface area contributed by atoms with Crippen LogP contribution in [0.4, 0.5) is 11.5 Å². The number of nitrogens with zero attached hydrogens (tertiary/aromatic N) is 3. The third-order valence-electron chi connectivity index (χ3n) is 3.36. The van der Waals surface area contributed by atoms with Crippen LogP contribution in [0, 0.1) is 0 Å². The molecule has 0 radical (unpaired) electrons. The molecule has 7 heteroatoms. The smallest absolute Gasteiger partial charge is 0.225 e. The predicted molar refractivity (Wildman–Crippen MR) is 86.2 cm³/mol. The lowest BCUT2D eigenvalue weighted by atomic mass is 10.1. The van der Waals surface area contributed by atoms with Gasteiger partial charge in [-0.1, -0.05) is 12.1 Å². The van der Waals surface area contributed by atoms with Gasteiger partial charge in [0.15, 0.2) is 5.82 Å². The van der Waals surface area contributed by atoms with E-state index in [0.717, 1.165) is 27.8 Å². The van der Waals surface area contributed by atoms with Crippen molar-refractivity contribution in [2.24, 2.45) is 0 Å². The number of nitrogens with one attached hydrogen (secondary N) is 3. The SMILES string of the molecule is Clc1nc(Nc2ccc(-c3cn[nH]c3)cc2)c2[nH]ccc2n1. The van der Waals surface area contributed by atoms with Gasteiger partial charge in [0.25, 0.3) is 0 Å². The first kappa shape index (κ1) is 12.8. The van der Waals surface area contributed by atoms with E-state index in [1.165, 1.54) is 0 Å². The van der Waals surface area contributed by atoms with Crippen molar-refractivity contribution in [2.45, 2.75) is 0 Å². The summed E-state index contributed by atoms with van der Waals surface area (Å²) in [5.74, 6) is 0.649. The molecule has 0 amide bonds. The molecule has 6 nitrogen and oxygen atoms in total. The van der Waals surface area contributed by atoms with Crippen LogP contribution in [-0.2, 0) is 0 Å². The minimum Gasteiger partial charge on any atom is -0.357 e. The van der Waals surface area contributed by atoms with Gasteiger partial charge in [-0.15, -0.1) is 0 Å². The van der Waals surface area contributed by atoms with E-state index in [2.05, 4.69) is 30.5 Å². The highest BCUT2D eigenvalue weighted by Gasteiger charge is 2.08. The summed E-state index contributed by atoms with van der Waals surface area (Å²) in [6.45, 7) is 0. The molecule has 0 bridgehead atoms. The molecule has 0 saturated carbocycles. The Morgan fingerprint density at radius 3 is 2.64 bits per heavy atom. The van der Waals surface area contributed by atoms with Crippen LogP contribution >= 0.6 is 11.6 Å². The van der Waals surface area contributed by atoms with Gasteiger partial charge in [0.05, 0.1) is 11.7 Å². The first-order chi connectivity index (χ1) is 10.8. The fourth-order valence-corrected chi connectivity index (χ4v) is 2.47. The third kappa shape index (κ3) is 2.29. The highest BCUT2D eigenvalue weighted by molar-refractivity contribution is 6.28. The van der Waals surface area contributed by atoms with Crippen LogP contribution in [0.25, 0.3) is 22.2 Å². The summed E-state index contributed by atoms with van der Waals surface area (Å²) in [4.78, 5) is 11.5. The number of hydrogen-bond acceptors (Lipinski definition) is 4. The fraction of sp³-hybridized carbons (Fsp3) is 0. The maximum absolute atomic E-state index is 5.95. The first-order valence-corrected chi connectivity index (χ1v) is 7.04. The molecule has 0 unspecified atom stereocenters. The quantitative estimate of drug-likeness (QED) is 0.503. The van der Waals surface area contributed by atoms with Crippen LogP contribution in [-0.4, -0.2) is 25.1 Å². The lowest BCUT2D eigenvalue weighted by Gasteiger charge is -2.07. The summed E-state index contributed by atoms with van der Waals surface area (Å²) >= 11 is 5.95. The van der Waals surface area contributed by atoms with Crippen molar-refractivity contribution in [3.8, 4) is 11.1 Å². The minimum absolute atomic E-state index is 0.213. The van der Waals surface area contributed by atoms with Gasteiger partial charge in [-0.2, -0.15) is 10.1 Å². The molecule has 1 aromatic carbocycles. The second-order valence-corrected chi connectivity index (χ2v) is 5.11. The number of fused-ring (bicyclic) bond motifs is 1. The van der Waals surface area contributed by atoms with E-state index in [4.69, 9.17) is 11.6 Å². The maximum Gasteiger partial charge on any atom is 0.225 e. The van der Waals surface area contributed by atoms with Gasteiger partial charge in [-0.25, -0.2) is 4.98 Å². The molecule has 0 fully saturated rings. The van der Waals surface area contributed by atoms with E-state index in [1.807, 2.05) is 42.7 Å². The molecule has 22 heavy (non-hydrogen) atoms. The van der Waals surface area contributed by atoms with Gasteiger partial charge >= 0.3 is 0 Å². The summed E-state index contributed by atoms with van der Waals surface area (Å²) in [7, 11) is 0. The Morgan fingerprint density at radius 1 is 1.00 bits per heavy atom. The summed E-state index contributed by atoms with van der Waals surface area (Å²) in [5, 5.41) is 10.2. The van der Waals surface area contributed by atoms with Gasteiger partial charge in [0.2, 0.25) is 5.28 Å². The normalized spacial score (nSPS) is 11.0. The topological polar surface area (TPSA) is 82.3 Å². The number of H-pyrrole nitrogens is 2. The minimum atomic E-state index is 0.213. The van der Waals surface area contributed by atoms with E-state index in [0.29, 0.717) is 5.82 Å². The van der Waals surface area contributed by atoms with Crippen LogP contribution in [0.5, 0.6) is 0 Å². The molecule has 3 N–H and O–H groups in total. The van der Waals surface area contributed by atoms with Crippen molar-refractivity contribution in [3.63, 3.8) is 0 Å². The van der Waals surface area contributed by atoms with Crippen LogP contribution in [0.1, 0.15) is 0 Å². The van der Waals surface area contributed by atoms with Gasteiger partial charge in [0, 0.05) is 23.6 Å². The van der Waals surface area contributed by atoms with Crippen LogP contribution in [0.3, 0.4) is 0 Å². The van der Waals surface area contributed by atoms with Crippen molar-refractivity contribution < 1.29 is 0 Å². The summed E-state index contributed by atoms with van der Waals surface area (Å²) < 4.78 is 0. The molecule has 4 rings (SSSR count). The molecule has 0 aliphatic carbocycles. The molecule has 0 spiro atoms. The largest absolute Gasteiger partial charge is 0.357 e. The summed E-state index contributed by atoms with van der Waals surface area (Å²) in [6, 6.07) is 9.85. The predicted octanol–water partition coefficient (Wildman–Crippen LogP) is 3.75. The number of hydrogen-bond donors (Lipinski definition) is 3. The first-order valence-electron chi connectivity index (χ1n) is 6.66. The fourth-order valence-electron chi connectivity index (χ4n) is 2.30. The molecular formula is C15H11ClN6. The molecule has 0 saturated heterocycles. The van der Waals surface area contributed by atoms with Crippen molar-refractivity contribution in [2.75, 3.05) is 5.32 Å². The highest BCUT2D eigenvalue weighted by Crippen LogP contribution is 2.26. The number of aromatic nitrogens is 5. The second-order valence-electron chi connectivity index (χ2n) is 4.77. The lowest BCUT2D eigenvalue weighted by Crippen LogP contribution is -1.96. The van der Waals surface area contributed by atoms with Gasteiger partial charge in [-0.05, 0) is 35.4 Å². The molecular weight excluding hydrogens is 300 g/mol. The average Bonchev–Trinajstić information content (AvgIpc) is 3.18. The number of aromatic amines is 2. The molecule has 3 aromatic heterocycles. The van der Waals surface area contributed by atoms with Crippen molar-refractivity contribution in [1.29, 1.82) is 0 Å². The lowest BCUT2D eigenvalue weighted by molar-refractivity contribution is 1.09. The standard InChI is InChI=1S/C15H11ClN6/c16-15-21-12-5-6-17-13(12)14(22-15)20-11-3-1-9(2-4-11)10-7-18-19-8-10/h1-8,17H,(H,18,19)(H,20,21,22). The Hall–Kier alpha value is -2.86. The van der Waals surface area contributed by atoms with E-state index < -0.39 is 0 Å². The molecule has 108 valence electrons. The number of benzene rings is 1. The number of halogens is 1. The number of rotatable bonds is 3. The van der Waals surface area contributed by atoms with Gasteiger partial charge in [0.1, 0.15) is 5.52 Å². The summed E-state index contributed by atoms with van der Waals surface area (Å²) in [6.07, 6.45) is 5.45. The highest BCUT2D eigenvalue weighted by atomic mass is 35.5. The van der Waals surface area contributed by atoms with Crippen LogP contribution in [0.2, 0.25) is 5.28 Å². The third-order valence-corrected chi connectivity index (χ3v) is 3.53. The van der Waals surface area contributed by atoms with Crippen molar-refractivity contribution in [1.82, 2.24) is 25.1 Å². The zero-order valence-corrected chi connectivity index (χ0v) is 12.1. The summed E-state index contributed by atoms with van der Waals surface area (Å²) in [5.41, 5.74) is 4.65. The Kier molecular flexibility index (Phi) is 3.01. The molecule has 0 aliphatic rings. The van der Waals surface area contributed by atoms with E-state index in [1.54, 1.807) is 6.20 Å². The van der Waals surface area contributed by atoms with E-state index in [-0.39, 0.29) is 5.28 Å². The van der Waals surface area contributed by atoms with Crippen molar-refractivity contribution in [3.05, 3.63) is 54.2 Å². The van der Waals surface area contributed by atoms with E-state index >= 15 is 0 Å². The monoisotopic (exact) mass is 310 g/mol. The molecule has 4 aromatic rings. The Morgan fingerprint density at radius 2 is 1.86 bits per heavy atom. The Labute approximate surface area is 130 Å². The number of anilines is 2. The Balaban J connectivity index is 1.66. The molecule has 0 aliphatic heterocycles. The van der Waals surface area contributed by atoms with Crippen molar-refractivity contribution >= 4 is 34.1 Å². The molecule has 3 heterocycles. The second kappa shape index (κ2) is 5.16. The zero-order valence-electron chi connectivity index (χ0n) is 11.3. The zero-order chi connectivity index (χ0) is 14.9. The average molecular weight is 311 g/mol. The maximum atomic E-state index is 5.95.